The molecular weight excluding hydrogens is 280 g/mol. The Morgan fingerprint density at radius 2 is 2.15 bits per heavy atom. The van der Waals surface area contributed by atoms with Gasteiger partial charge in [-0.2, -0.15) is 4.31 Å². The average Bonchev–Trinajstić information content (AvgIpc) is 2.35. The maximum Gasteiger partial charge on any atom is 0.247 e. The zero-order valence-electron chi connectivity index (χ0n) is 11.4. The first-order valence-electron chi connectivity index (χ1n) is 6.57. The fourth-order valence-corrected chi connectivity index (χ4v) is 4.11. The number of hydrogen-bond acceptors (Lipinski definition) is 5. The van der Waals surface area contributed by atoms with Gasteiger partial charge in [0.15, 0.2) is 0 Å². The van der Waals surface area contributed by atoms with E-state index in [1.54, 1.807) is 0 Å². The monoisotopic (exact) mass is 300 g/mol. The number of aliphatic hydroxyl groups is 1. The van der Waals surface area contributed by atoms with E-state index >= 15 is 0 Å². The van der Waals surface area contributed by atoms with Gasteiger partial charge in [0.2, 0.25) is 10.0 Å². The first-order valence-corrected chi connectivity index (χ1v) is 8.01. The van der Waals surface area contributed by atoms with Crippen LogP contribution in [0.15, 0.2) is 23.1 Å². The fraction of sp³-hybridized carbons (Fsp3) is 0.538. The van der Waals surface area contributed by atoms with Crippen LogP contribution in [0.1, 0.15) is 19.3 Å². The number of rotatable bonds is 6. The molecule has 6 nitrogen and oxygen atoms in total. The normalized spacial score (nSPS) is 16.1. The maximum atomic E-state index is 12.7. The zero-order chi connectivity index (χ0) is 14.8. The fourth-order valence-electron chi connectivity index (χ4n) is 2.30. The number of nitrogens with two attached hydrogens (primary N) is 1. The van der Waals surface area contributed by atoms with Crippen molar-refractivity contribution in [3.05, 3.63) is 18.2 Å². The standard InChI is InChI=1S/C13H20N2O4S/c1-19-12-9-10(14)5-6-13(12)20(17,18)15(7-8-16)11-3-2-4-11/h5-6,9,11,16H,2-4,7-8,14H2,1H3. The predicted molar refractivity (Wildman–Crippen MR) is 76.0 cm³/mol. The van der Waals surface area contributed by atoms with Crippen molar-refractivity contribution in [2.75, 3.05) is 26.0 Å². The molecule has 0 aliphatic heterocycles. The highest BCUT2D eigenvalue weighted by molar-refractivity contribution is 7.89. The van der Waals surface area contributed by atoms with E-state index in [4.69, 9.17) is 15.6 Å². The molecular formula is C13H20N2O4S. The molecule has 1 aromatic carbocycles. The summed E-state index contributed by atoms with van der Waals surface area (Å²) in [5.74, 6) is 0.229. The van der Waals surface area contributed by atoms with Crippen LogP contribution in [0.25, 0.3) is 0 Å². The highest BCUT2D eigenvalue weighted by atomic mass is 32.2. The Labute approximate surface area is 119 Å². The van der Waals surface area contributed by atoms with Crippen LogP contribution in [0.5, 0.6) is 5.75 Å². The number of nitrogens with zero attached hydrogens (tertiary/aromatic N) is 1. The molecule has 0 spiro atoms. The van der Waals surface area contributed by atoms with Crippen molar-refractivity contribution in [2.45, 2.75) is 30.2 Å². The predicted octanol–water partition coefficient (Wildman–Crippen LogP) is 0.813. The van der Waals surface area contributed by atoms with E-state index < -0.39 is 10.0 Å². The third-order valence-corrected chi connectivity index (χ3v) is 5.57. The summed E-state index contributed by atoms with van der Waals surface area (Å²) in [6.07, 6.45) is 2.67. The van der Waals surface area contributed by atoms with Crippen molar-refractivity contribution in [3.63, 3.8) is 0 Å². The molecule has 3 N–H and O–H groups in total. The van der Waals surface area contributed by atoms with E-state index in [9.17, 15) is 8.42 Å². The van der Waals surface area contributed by atoms with Crippen LogP contribution in [0.3, 0.4) is 0 Å². The molecule has 1 aliphatic carbocycles. The molecule has 0 amide bonds. The van der Waals surface area contributed by atoms with Gasteiger partial charge in [0.1, 0.15) is 10.6 Å². The summed E-state index contributed by atoms with van der Waals surface area (Å²) in [6.45, 7) is -0.104. The Kier molecular flexibility index (Phi) is 4.52. The van der Waals surface area contributed by atoms with E-state index in [0.717, 1.165) is 19.3 Å². The molecule has 1 fully saturated rings. The van der Waals surface area contributed by atoms with Crippen LogP contribution in [0.4, 0.5) is 5.69 Å². The van der Waals surface area contributed by atoms with Crippen LogP contribution in [0, 0.1) is 0 Å². The van der Waals surface area contributed by atoms with Crippen molar-refractivity contribution in [3.8, 4) is 5.75 Å². The molecule has 0 heterocycles. The summed E-state index contributed by atoms with van der Waals surface area (Å²) in [5, 5.41) is 9.13. The maximum absolute atomic E-state index is 12.7. The Morgan fingerprint density at radius 1 is 1.45 bits per heavy atom. The van der Waals surface area contributed by atoms with E-state index in [2.05, 4.69) is 0 Å². The molecule has 1 aliphatic rings. The molecule has 0 aromatic heterocycles. The van der Waals surface area contributed by atoms with Crippen molar-refractivity contribution < 1.29 is 18.3 Å². The molecule has 0 unspecified atom stereocenters. The van der Waals surface area contributed by atoms with Crippen molar-refractivity contribution in [2.24, 2.45) is 0 Å². The second-order valence-corrected chi connectivity index (χ2v) is 6.69. The Hall–Kier alpha value is -1.31. The lowest BCUT2D eigenvalue weighted by atomic mass is 9.93. The van der Waals surface area contributed by atoms with Crippen LogP contribution in [-0.4, -0.2) is 44.1 Å². The minimum Gasteiger partial charge on any atom is -0.495 e. The summed E-state index contributed by atoms with van der Waals surface area (Å²) in [4.78, 5) is 0.0922. The second kappa shape index (κ2) is 5.99. The molecule has 112 valence electrons. The first-order chi connectivity index (χ1) is 9.50. The lowest BCUT2D eigenvalue weighted by Crippen LogP contribution is -2.45. The van der Waals surface area contributed by atoms with Gasteiger partial charge < -0.3 is 15.6 Å². The van der Waals surface area contributed by atoms with Crippen molar-refractivity contribution >= 4 is 15.7 Å². The first kappa shape index (κ1) is 15.1. The molecule has 1 aromatic rings. The van der Waals surface area contributed by atoms with Gasteiger partial charge in [-0.15, -0.1) is 0 Å². The lowest BCUT2D eigenvalue weighted by Gasteiger charge is -2.36. The van der Waals surface area contributed by atoms with E-state index in [1.807, 2.05) is 0 Å². The number of anilines is 1. The SMILES string of the molecule is COc1cc(N)ccc1S(=O)(=O)N(CCO)C1CCC1. The largest absolute Gasteiger partial charge is 0.495 e. The summed E-state index contributed by atoms with van der Waals surface area (Å²) in [6, 6.07) is 4.44. The molecule has 20 heavy (non-hydrogen) atoms. The highest BCUT2D eigenvalue weighted by Crippen LogP contribution is 2.34. The van der Waals surface area contributed by atoms with Gasteiger partial charge >= 0.3 is 0 Å². The van der Waals surface area contributed by atoms with E-state index in [-0.39, 0.29) is 29.8 Å². The van der Waals surface area contributed by atoms with Crippen LogP contribution in [-0.2, 0) is 10.0 Å². The Morgan fingerprint density at radius 3 is 2.65 bits per heavy atom. The van der Waals surface area contributed by atoms with E-state index in [0.29, 0.717) is 5.69 Å². The smallest absolute Gasteiger partial charge is 0.247 e. The zero-order valence-corrected chi connectivity index (χ0v) is 12.3. The number of aliphatic hydroxyl groups excluding tert-OH is 1. The topological polar surface area (TPSA) is 92.9 Å². The van der Waals surface area contributed by atoms with Gasteiger partial charge in [-0.05, 0) is 25.0 Å². The number of sulfonamides is 1. The molecule has 0 bridgehead atoms. The second-order valence-electron chi connectivity index (χ2n) is 4.83. The third-order valence-electron chi connectivity index (χ3n) is 3.58. The number of nitrogen functional groups attached to an aromatic ring is 1. The van der Waals surface area contributed by atoms with Gasteiger partial charge in [-0.1, -0.05) is 6.42 Å². The summed E-state index contributed by atoms with van der Waals surface area (Å²) >= 11 is 0. The molecule has 0 atom stereocenters. The molecule has 7 heteroatoms. The number of ether oxygens (including phenoxy) is 1. The third kappa shape index (κ3) is 2.74. The Balaban J connectivity index is 2.41. The minimum atomic E-state index is -3.69. The molecule has 1 saturated carbocycles. The average molecular weight is 300 g/mol. The summed E-state index contributed by atoms with van der Waals surface area (Å²) < 4.78 is 32.0. The van der Waals surface area contributed by atoms with E-state index in [1.165, 1.54) is 29.6 Å². The van der Waals surface area contributed by atoms with Crippen molar-refractivity contribution in [1.82, 2.24) is 4.31 Å². The van der Waals surface area contributed by atoms with Gasteiger partial charge in [-0.25, -0.2) is 8.42 Å². The summed E-state index contributed by atoms with van der Waals surface area (Å²) in [7, 11) is -2.28. The van der Waals surface area contributed by atoms with Gasteiger partial charge in [0.05, 0.1) is 13.7 Å². The minimum absolute atomic E-state index is 0.0330. The quantitative estimate of drug-likeness (QED) is 0.759. The van der Waals surface area contributed by atoms with Crippen LogP contribution >= 0.6 is 0 Å². The highest BCUT2D eigenvalue weighted by Gasteiger charge is 2.36. The Bertz CT molecular complexity index is 570. The van der Waals surface area contributed by atoms with Crippen molar-refractivity contribution in [1.29, 1.82) is 0 Å². The summed E-state index contributed by atoms with van der Waals surface area (Å²) in [5.41, 5.74) is 6.09. The van der Waals surface area contributed by atoms with Gasteiger partial charge in [0.25, 0.3) is 0 Å². The molecule has 0 saturated heterocycles. The van der Waals surface area contributed by atoms with Gasteiger partial charge in [-0.3, -0.25) is 0 Å². The molecule has 2 rings (SSSR count). The number of benzene rings is 1. The van der Waals surface area contributed by atoms with Gasteiger partial charge in [0, 0.05) is 24.3 Å². The van der Waals surface area contributed by atoms with Crippen LogP contribution < -0.4 is 10.5 Å². The number of methoxy groups -OCH3 is 1. The lowest BCUT2D eigenvalue weighted by molar-refractivity contribution is 0.178. The van der Waals surface area contributed by atoms with Crippen LogP contribution in [0.2, 0.25) is 0 Å². The molecule has 0 radical (unpaired) electrons. The number of hydrogen-bond donors (Lipinski definition) is 2.